The van der Waals surface area contributed by atoms with Gasteiger partial charge in [0.15, 0.2) is 0 Å². The molecule has 0 saturated heterocycles. The molecule has 0 atom stereocenters. The lowest BCUT2D eigenvalue weighted by molar-refractivity contribution is -0.120. The van der Waals surface area contributed by atoms with Crippen LogP contribution in [-0.4, -0.2) is 12.5 Å². The van der Waals surface area contributed by atoms with E-state index in [1.165, 1.54) is 0 Å². The molecule has 82 valence electrons. The lowest BCUT2D eigenvalue weighted by Crippen LogP contribution is -2.25. The summed E-state index contributed by atoms with van der Waals surface area (Å²) in [6, 6.07) is 3.53. The zero-order valence-electron chi connectivity index (χ0n) is 9.46. The molecular formula is C12H17NO2. The Morgan fingerprint density at radius 1 is 1.53 bits per heavy atom. The van der Waals surface area contributed by atoms with Gasteiger partial charge in [-0.1, -0.05) is 19.8 Å². The molecule has 15 heavy (non-hydrogen) atoms. The summed E-state index contributed by atoms with van der Waals surface area (Å²) in [7, 11) is 0. The molecule has 0 bridgehead atoms. The first-order chi connectivity index (χ1) is 7.33. The summed E-state index contributed by atoms with van der Waals surface area (Å²) in [6.07, 6.45) is 1.83. The average Bonchev–Trinajstić information content (AvgIpc) is 2.74. The predicted octanol–water partition coefficient (Wildman–Crippen LogP) is 1.99. The van der Waals surface area contributed by atoms with Crippen molar-refractivity contribution in [2.45, 2.75) is 27.2 Å². The molecule has 1 amide bonds. The smallest absolute Gasteiger partial charge is 0.228 e. The first kappa shape index (κ1) is 13.3. The van der Waals surface area contributed by atoms with Crippen LogP contribution in [0.1, 0.15) is 26.5 Å². The Morgan fingerprint density at radius 2 is 2.27 bits per heavy atom. The van der Waals surface area contributed by atoms with E-state index in [0.29, 0.717) is 12.3 Å². The Kier molecular flexibility index (Phi) is 7.89. The third-order valence-corrected chi connectivity index (χ3v) is 1.47. The van der Waals surface area contributed by atoms with E-state index < -0.39 is 0 Å². The van der Waals surface area contributed by atoms with Crippen molar-refractivity contribution in [2.75, 3.05) is 6.54 Å². The highest BCUT2D eigenvalue weighted by molar-refractivity contribution is 5.78. The second-order valence-electron chi connectivity index (χ2n) is 2.46. The third-order valence-electron chi connectivity index (χ3n) is 1.47. The van der Waals surface area contributed by atoms with Crippen LogP contribution in [0.2, 0.25) is 0 Å². The van der Waals surface area contributed by atoms with E-state index in [-0.39, 0.29) is 12.3 Å². The lowest BCUT2D eigenvalue weighted by atomic mass is 10.3. The maximum absolute atomic E-state index is 11.1. The Morgan fingerprint density at radius 3 is 2.80 bits per heavy atom. The minimum Gasteiger partial charge on any atom is -0.469 e. The number of rotatable bonds is 3. The van der Waals surface area contributed by atoms with Crippen LogP contribution in [-0.2, 0) is 11.2 Å². The van der Waals surface area contributed by atoms with E-state index in [9.17, 15) is 4.79 Å². The molecule has 1 heterocycles. The summed E-state index contributed by atoms with van der Waals surface area (Å²) >= 11 is 0. The monoisotopic (exact) mass is 207 g/mol. The van der Waals surface area contributed by atoms with Crippen LogP contribution in [0, 0.1) is 11.8 Å². The summed E-state index contributed by atoms with van der Waals surface area (Å²) in [5.41, 5.74) is 0. The maximum Gasteiger partial charge on any atom is 0.228 e. The molecule has 0 unspecified atom stereocenters. The van der Waals surface area contributed by atoms with Crippen LogP contribution in [0.4, 0.5) is 0 Å². The number of amides is 1. The first-order valence-corrected chi connectivity index (χ1v) is 5.01. The Bertz CT molecular complexity index is 317. The van der Waals surface area contributed by atoms with Crippen molar-refractivity contribution >= 4 is 5.91 Å². The van der Waals surface area contributed by atoms with E-state index in [1.54, 1.807) is 25.3 Å². The van der Waals surface area contributed by atoms with Crippen LogP contribution in [0.15, 0.2) is 22.8 Å². The highest BCUT2D eigenvalue weighted by Gasteiger charge is 2.02. The SMILES string of the molecule is CC.CC#CCNC(=O)Cc1ccco1. The van der Waals surface area contributed by atoms with Gasteiger partial charge in [0, 0.05) is 0 Å². The summed E-state index contributed by atoms with van der Waals surface area (Å²) in [5, 5.41) is 2.65. The van der Waals surface area contributed by atoms with E-state index in [2.05, 4.69) is 17.2 Å². The van der Waals surface area contributed by atoms with Crippen LogP contribution >= 0.6 is 0 Å². The fraction of sp³-hybridized carbons (Fsp3) is 0.417. The van der Waals surface area contributed by atoms with Gasteiger partial charge in [-0.2, -0.15) is 0 Å². The summed E-state index contributed by atoms with van der Waals surface area (Å²) in [5.74, 6) is 6.04. The zero-order valence-corrected chi connectivity index (χ0v) is 9.46. The average molecular weight is 207 g/mol. The fourth-order valence-electron chi connectivity index (χ4n) is 0.865. The number of nitrogens with one attached hydrogen (secondary N) is 1. The van der Waals surface area contributed by atoms with Gasteiger partial charge in [-0.05, 0) is 19.1 Å². The molecule has 3 heteroatoms. The minimum absolute atomic E-state index is 0.0716. The highest BCUT2D eigenvalue weighted by atomic mass is 16.3. The van der Waals surface area contributed by atoms with Gasteiger partial charge in [0.2, 0.25) is 5.91 Å². The molecule has 0 aliphatic rings. The molecule has 1 aromatic heterocycles. The molecule has 3 nitrogen and oxygen atoms in total. The zero-order chi connectivity index (χ0) is 11.5. The van der Waals surface area contributed by atoms with E-state index >= 15 is 0 Å². The van der Waals surface area contributed by atoms with Gasteiger partial charge in [-0.15, -0.1) is 5.92 Å². The quantitative estimate of drug-likeness (QED) is 0.770. The van der Waals surface area contributed by atoms with Crippen LogP contribution in [0.3, 0.4) is 0 Å². The number of carbonyl (C=O) groups excluding carboxylic acids is 1. The third kappa shape index (κ3) is 6.39. The lowest BCUT2D eigenvalue weighted by Gasteiger charge is -1.97. The summed E-state index contributed by atoms with van der Waals surface area (Å²) in [6.45, 7) is 6.13. The van der Waals surface area contributed by atoms with E-state index in [4.69, 9.17) is 4.42 Å². The summed E-state index contributed by atoms with van der Waals surface area (Å²) in [4.78, 5) is 11.1. The van der Waals surface area contributed by atoms with Crippen LogP contribution in [0.25, 0.3) is 0 Å². The van der Waals surface area contributed by atoms with Crippen molar-refractivity contribution in [1.29, 1.82) is 0 Å². The van der Waals surface area contributed by atoms with Crippen molar-refractivity contribution < 1.29 is 9.21 Å². The molecule has 0 radical (unpaired) electrons. The number of carbonyl (C=O) groups is 1. The number of hydrogen-bond acceptors (Lipinski definition) is 2. The molecule has 0 aromatic carbocycles. The molecule has 0 aliphatic carbocycles. The van der Waals surface area contributed by atoms with Crippen molar-refractivity contribution in [3.63, 3.8) is 0 Å². The van der Waals surface area contributed by atoms with Gasteiger partial charge in [-0.3, -0.25) is 4.79 Å². The molecule has 0 fully saturated rings. The predicted molar refractivity (Wildman–Crippen MR) is 60.2 cm³/mol. The molecule has 0 spiro atoms. The van der Waals surface area contributed by atoms with Crippen molar-refractivity contribution in [3.05, 3.63) is 24.2 Å². The van der Waals surface area contributed by atoms with Gasteiger partial charge >= 0.3 is 0 Å². The highest BCUT2D eigenvalue weighted by Crippen LogP contribution is 1.99. The van der Waals surface area contributed by atoms with E-state index in [1.807, 2.05) is 13.8 Å². The first-order valence-electron chi connectivity index (χ1n) is 5.01. The topological polar surface area (TPSA) is 42.2 Å². The molecular weight excluding hydrogens is 190 g/mol. The largest absolute Gasteiger partial charge is 0.469 e. The Labute approximate surface area is 90.9 Å². The molecule has 1 aromatic rings. The second kappa shape index (κ2) is 8.89. The molecule has 0 aliphatic heterocycles. The van der Waals surface area contributed by atoms with E-state index in [0.717, 1.165) is 0 Å². The number of furan rings is 1. The minimum atomic E-state index is -0.0716. The normalized spacial score (nSPS) is 7.93. The van der Waals surface area contributed by atoms with Crippen LogP contribution < -0.4 is 5.32 Å². The van der Waals surface area contributed by atoms with Gasteiger partial charge in [-0.25, -0.2) is 0 Å². The molecule has 1 rings (SSSR count). The van der Waals surface area contributed by atoms with Gasteiger partial charge in [0.05, 0.1) is 19.2 Å². The van der Waals surface area contributed by atoms with Crippen molar-refractivity contribution in [3.8, 4) is 11.8 Å². The van der Waals surface area contributed by atoms with Gasteiger partial charge < -0.3 is 9.73 Å². The van der Waals surface area contributed by atoms with Gasteiger partial charge in [0.1, 0.15) is 5.76 Å². The fourth-order valence-corrected chi connectivity index (χ4v) is 0.865. The summed E-state index contributed by atoms with van der Waals surface area (Å²) < 4.78 is 5.01. The second-order valence-corrected chi connectivity index (χ2v) is 2.46. The van der Waals surface area contributed by atoms with Crippen molar-refractivity contribution in [1.82, 2.24) is 5.32 Å². The van der Waals surface area contributed by atoms with Crippen LogP contribution in [0.5, 0.6) is 0 Å². The van der Waals surface area contributed by atoms with Gasteiger partial charge in [0.25, 0.3) is 0 Å². The van der Waals surface area contributed by atoms with Crippen molar-refractivity contribution in [2.24, 2.45) is 0 Å². The molecule has 0 saturated carbocycles. The Balaban J connectivity index is 0.000000921. The standard InChI is InChI=1S/C10H11NO2.C2H6/c1-2-3-6-11-10(12)8-9-5-4-7-13-9;1-2/h4-5,7H,6,8H2,1H3,(H,11,12);1-2H3. The Hall–Kier alpha value is -1.69. The maximum atomic E-state index is 11.1. The number of hydrogen-bond donors (Lipinski definition) is 1. The molecule has 1 N–H and O–H groups in total.